The first-order chi connectivity index (χ1) is 8.50. The molecule has 0 spiro atoms. The van der Waals surface area contributed by atoms with E-state index in [1.165, 1.54) is 12.8 Å². The monoisotopic (exact) mass is 515 g/mol. The van der Waals surface area contributed by atoms with Gasteiger partial charge in [-0.2, -0.15) is 6.08 Å². The fraction of sp³-hybridized carbons (Fsp3) is 0.733. The summed E-state index contributed by atoms with van der Waals surface area (Å²) >= 11 is 0. The van der Waals surface area contributed by atoms with E-state index in [9.17, 15) is 0 Å². The van der Waals surface area contributed by atoms with E-state index in [1.807, 2.05) is 12.2 Å². The molecule has 1 aliphatic carbocycles. The fourth-order valence-corrected chi connectivity index (χ4v) is 6.00. The molecule has 0 aromatic carbocycles. The maximum atomic E-state index is 2.99. The molecule has 0 atom stereocenters. The second kappa shape index (κ2) is 22.6. The SMILES string of the molecule is C1CC[SiH2]CC1.C1CC[SiH2]CC1.[C-]1=CC=CC1.[Cl-].[Cl-].[Hf]. The van der Waals surface area contributed by atoms with Crippen molar-refractivity contribution in [1.29, 1.82) is 0 Å². The third kappa shape index (κ3) is 19.4. The van der Waals surface area contributed by atoms with Gasteiger partial charge in [-0.05, 0) is 0 Å². The van der Waals surface area contributed by atoms with Crippen LogP contribution < -0.4 is 24.8 Å². The molecular formula is C15H29Cl2HfSi2-3. The molecular weight excluding hydrogens is 486 g/mol. The van der Waals surface area contributed by atoms with E-state index in [4.69, 9.17) is 0 Å². The topological polar surface area (TPSA) is 0 Å². The zero-order valence-corrected chi connectivity index (χ0v) is 20.6. The van der Waals surface area contributed by atoms with Gasteiger partial charge in [0.05, 0.1) is 0 Å². The van der Waals surface area contributed by atoms with Gasteiger partial charge in [-0.3, -0.25) is 6.08 Å². The maximum absolute atomic E-state index is 2.99. The quantitative estimate of drug-likeness (QED) is 0.251. The molecule has 0 aromatic heterocycles. The second-order valence-electron chi connectivity index (χ2n) is 5.25. The summed E-state index contributed by atoms with van der Waals surface area (Å²) in [6.07, 6.45) is 19.3. The predicted octanol–water partition coefficient (Wildman–Crippen LogP) is -2.34. The standard InChI is InChI=1S/2C5H12Si.C5H5.2ClH.Hf/c2*1-2-4-6-5-3-1;1-2-4-5-3-1;;;/h2*1-6H2;1-3H,4H2;2*1H;/q;;-1;;;/p-2. The number of hydrogen-bond donors (Lipinski definition) is 0. The van der Waals surface area contributed by atoms with Crippen LogP contribution in [0, 0.1) is 6.08 Å². The average Bonchev–Trinajstić information content (AvgIpc) is 3.03. The Bertz CT molecular complexity index is 171. The number of rotatable bonds is 0. The Labute approximate surface area is 162 Å². The molecule has 118 valence electrons. The van der Waals surface area contributed by atoms with E-state index in [1.54, 1.807) is 49.9 Å². The van der Waals surface area contributed by atoms with Crippen molar-refractivity contribution in [3.63, 3.8) is 0 Å². The summed E-state index contributed by atoms with van der Waals surface area (Å²) in [4.78, 5) is 0. The van der Waals surface area contributed by atoms with Gasteiger partial charge in [-0.25, -0.2) is 12.2 Å². The Morgan fingerprint density at radius 3 is 1.25 bits per heavy atom. The summed E-state index contributed by atoms with van der Waals surface area (Å²) in [5.74, 6) is 0. The molecule has 20 heavy (non-hydrogen) atoms. The van der Waals surface area contributed by atoms with E-state index < -0.39 is 0 Å². The molecule has 0 unspecified atom stereocenters. The first-order valence-corrected chi connectivity index (χ1v) is 11.7. The van der Waals surface area contributed by atoms with Crippen molar-refractivity contribution in [1.82, 2.24) is 0 Å². The van der Waals surface area contributed by atoms with E-state index in [-0.39, 0.29) is 50.7 Å². The van der Waals surface area contributed by atoms with Gasteiger partial charge < -0.3 is 24.8 Å². The van der Waals surface area contributed by atoms with Gasteiger partial charge in [0.1, 0.15) is 0 Å². The Kier molecular flexibility index (Phi) is 29.7. The maximum Gasteiger partial charge on any atom is 0.0197 e. The van der Waals surface area contributed by atoms with Crippen molar-refractivity contribution in [2.24, 2.45) is 0 Å². The van der Waals surface area contributed by atoms with Crippen LogP contribution in [0.2, 0.25) is 24.2 Å². The van der Waals surface area contributed by atoms with Crippen molar-refractivity contribution in [2.45, 2.75) is 69.1 Å². The van der Waals surface area contributed by atoms with Crippen LogP contribution in [0.15, 0.2) is 18.2 Å². The van der Waals surface area contributed by atoms with Crippen LogP contribution in [0.5, 0.6) is 0 Å². The number of halogens is 2. The molecule has 0 aromatic rings. The summed E-state index contributed by atoms with van der Waals surface area (Å²) in [6.45, 7) is 0. The molecule has 0 saturated carbocycles. The van der Waals surface area contributed by atoms with Crippen molar-refractivity contribution in [2.75, 3.05) is 0 Å². The minimum absolute atomic E-state index is 0. The number of hydrogen-bond acceptors (Lipinski definition) is 0. The zero-order valence-electron chi connectivity index (χ0n) is 12.7. The Balaban J connectivity index is -0.000000202. The molecule has 2 saturated heterocycles. The molecule has 3 rings (SSSR count). The summed E-state index contributed by atoms with van der Waals surface area (Å²) in [5.41, 5.74) is 0. The Hall–Kier alpha value is 1.36. The minimum atomic E-state index is 0. The summed E-state index contributed by atoms with van der Waals surface area (Å²) in [5, 5.41) is 0. The normalized spacial score (nSPS) is 18.8. The smallest absolute Gasteiger partial charge is 0.0197 e. The average molecular weight is 515 g/mol. The van der Waals surface area contributed by atoms with Crippen LogP contribution in [0.3, 0.4) is 0 Å². The Morgan fingerprint density at radius 1 is 0.700 bits per heavy atom. The van der Waals surface area contributed by atoms with Crippen LogP contribution in [0.4, 0.5) is 0 Å². The second-order valence-corrected chi connectivity index (χ2v) is 9.49. The molecule has 0 N–H and O–H groups in total. The van der Waals surface area contributed by atoms with E-state index in [0.29, 0.717) is 19.0 Å². The van der Waals surface area contributed by atoms with Crippen LogP contribution in [-0.2, 0) is 25.8 Å². The van der Waals surface area contributed by atoms with Gasteiger partial charge in [0, 0.05) is 44.9 Å². The molecule has 2 fully saturated rings. The van der Waals surface area contributed by atoms with Crippen molar-refractivity contribution >= 4 is 19.0 Å². The van der Waals surface area contributed by atoms with Crippen LogP contribution in [-0.4, -0.2) is 19.0 Å². The molecule has 0 bridgehead atoms. The van der Waals surface area contributed by atoms with E-state index in [0.717, 1.165) is 6.42 Å². The molecule has 2 aliphatic heterocycles. The summed E-state index contributed by atoms with van der Waals surface area (Å²) in [6, 6.07) is 6.56. The molecule has 0 amide bonds. The van der Waals surface area contributed by atoms with Crippen LogP contribution in [0.25, 0.3) is 0 Å². The zero-order chi connectivity index (χ0) is 12.0. The number of allylic oxidation sites excluding steroid dienone is 4. The minimum Gasteiger partial charge on any atom is -1.00 e. The fourth-order valence-electron chi connectivity index (χ4n) is 2.46. The molecule has 0 radical (unpaired) electrons. The molecule has 3 aliphatic rings. The summed E-state index contributed by atoms with van der Waals surface area (Å²) < 4.78 is 0. The third-order valence-corrected chi connectivity index (χ3v) is 7.59. The van der Waals surface area contributed by atoms with Crippen LogP contribution >= 0.6 is 0 Å². The van der Waals surface area contributed by atoms with Gasteiger partial charge in [-0.1, -0.05) is 62.7 Å². The largest absolute Gasteiger partial charge is 1.00 e. The molecule has 5 heteroatoms. The third-order valence-electron chi connectivity index (χ3n) is 3.59. The van der Waals surface area contributed by atoms with Gasteiger partial charge in [-0.15, -0.1) is 6.42 Å². The first-order valence-electron chi connectivity index (χ1n) is 7.72. The molecule has 0 nitrogen and oxygen atoms in total. The summed E-state index contributed by atoms with van der Waals surface area (Å²) in [7, 11) is 1.02. The van der Waals surface area contributed by atoms with E-state index in [2.05, 4.69) is 12.2 Å². The van der Waals surface area contributed by atoms with Gasteiger partial charge in [0.25, 0.3) is 0 Å². The van der Waals surface area contributed by atoms with Gasteiger partial charge >= 0.3 is 0 Å². The van der Waals surface area contributed by atoms with Gasteiger partial charge in [0.15, 0.2) is 0 Å². The van der Waals surface area contributed by atoms with Crippen molar-refractivity contribution in [3.05, 3.63) is 24.3 Å². The van der Waals surface area contributed by atoms with Crippen LogP contribution in [0.1, 0.15) is 44.9 Å². The Morgan fingerprint density at radius 2 is 1.15 bits per heavy atom. The van der Waals surface area contributed by atoms with Gasteiger partial charge in [0.2, 0.25) is 0 Å². The van der Waals surface area contributed by atoms with E-state index >= 15 is 0 Å². The van der Waals surface area contributed by atoms with Crippen molar-refractivity contribution < 1.29 is 50.7 Å². The molecule has 2 heterocycles. The predicted molar refractivity (Wildman–Crippen MR) is 85.6 cm³/mol. The van der Waals surface area contributed by atoms with Crippen molar-refractivity contribution in [3.8, 4) is 0 Å². The first kappa shape index (κ1) is 26.3.